The lowest BCUT2D eigenvalue weighted by molar-refractivity contribution is 0.259. The fraction of sp³-hybridized carbons (Fsp3) is 0.857. The first-order valence-electron chi connectivity index (χ1n) is 6.98. The lowest BCUT2D eigenvalue weighted by Crippen LogP contribution is -2.38. The van der Waals surface area contributed by atoms with Crippen LogP contribution < -0.4 is 10.9 Å². The van der Waals surface area contributed by atoms with Gasteiger partial charge in [-0.2, -0.15) is 0 Å². The van der Waals surface area contributed by atoms with Gasteiger partial charge in [0.15, 0.2) is 0 Å². The van der Waals surface area contributed by atoms with Crippen molar-refractivity contribution in [3.8, 4) is 0 Å². The van der Waals surface area contributed by atoms with E-state index in [1.54, 1.807) is 5.57 Å². The van der Waals surface area contributed by atoms with Crippen molar-refractivity contribution in [2.24, 2.45) is 17.8 Å². The summed E-state index contributed by atoms with van der Waals surface area (Å²) in [5, 5.41) is 0. The van der Waals surface area contributed by atoms with E-state index in [1.165, 1.54) is 38.5 Å². The zero-order valence-corrected chi connectivity index (χ0v) is 10.8. The Kier molecular flexibility index (Phi) is 4.28. The minimum absolute atomic E-state index is 0.799. The van der Waals surface area contributed by atoms with Crippen molar-refractivity contribution in [3.63, 3.8) is 0 Å². The Hall–Kier alpha value is -0.500. The van der Waals surface area contributed by atoms with Crippen LogP contribution in [0.25, 0.3) is 0 Å². The number of rotatable bonds is 2. The van der Waals surface area contributed by atoms with Gasteiger partial charge < -0.3 is 5.43 Å². The van der Waals surface area contributed by atoms with Gasteiger partial charge in [-0.05, 0) is 55.4 Å². The summed E-state index contributed by atoms with van der Waals surface area (Å²) in [5.41, 5.74) is 8.08. The fourth-order valence-electron chi connectivity index (χ4n) is 3.17. The Labute approximate surface area is 99.9 Å². The van der Waals surface area contributed by atoms with Gasteiger partial charge in [-0.3, -0.25) is 0 Å². The molecule has 92 valence electrons. The van der Waals surface area contributed by atoms with Crippen LogP contribution in [-0.2, 0) is 0 Å². The second kappa shape index (κ2) is 5.72. The highest BCUT2D eigenvalue weighted by Gasteiger charge is 2.24. The number of hydrazine groups is 1. The monoisotopic (exact) mass is 222 g/mol. The molecule has 1 heterocycles. The van der Waals surface area contributed by atoms with E-state index in [0.717, 1.165) is 24.3 Å². The maximum absolute atomic E-state index is 3.26. The van der Waals surface area contributed by atoms with Gasteiger partial charge in [0.2, 0.25) is 0 Å². The Morgan fingerprint density at radius 1 is 1.38 bits per heavy atom. The zero-order valence-electron chi connectivity index (χ0n) is 10.8. The summed E-state index contributed by atoms with van der Waals surface area (Å²) < 4.78 is 0. The van der Waals surface area contributed by atoms with E-state index >= 15 is 0 Å². The van der Waals surface area contributed by atoms with Crippen molar-refractivity contribution < 1.29 is 0 Å². The first kappa shape index (κ1) is 12.0. The smallest absolute Gasteiger partial charge is 0.0214 e. The fourth-order valence-corrected chi connectivity index (χ4v) is 3.17. The van der Waals surface area contributed by atoms with Gasteiger partial charge in [0.1, 0.15) is 0 Å². The molecule has 16 heavy (non-hydrogen) atoms. The van der Waals surface area contributed by atoms with Gasteiger partial charge in [-0.1, -0.05) is 20.3 Å². The molecule has 1 aliphatic heterocycles. The molecule has 0 bridgehead atoms. The van der Waals surface area contributed by atoms with Gasteiger partial charge in [0.25, 0.3) is 0 Å². The molecule has 0 spiro atoms. The first-order chi connectivity index (χ1) is 7.81. The van der Waals surface area contributed by atoms with Crippen LogP contribution in [0.15, 0.2) is 11.8 Å². The van der Waals surface area contributed by atoms with Gasteiger partial charge in [0, 0.05) is 12.7 Å². The third kappa shape index (κ3) is 2.79. The van der Waals surface area contributed by atoms with Crippen molar-refractivity contribution >= 4 is 0 Å². The van der Waals surface area contributed by atoms with Crippen LogP contribution in [0.1, 0.15) is 52.4 Å². The molecule has 0 aromatic rings. The highest BCUT2D eigenvalue weighted by atomic mass is 15.3. The summed E-state index contributed by atoms with van der Waals surface area (Å²) in [5.74, 6) is 2.69. The summed E-state index contributed by atoms with van der Waals surface area (Å²) >= 11 is 0. The van der Waals surface area contributed by atoms with Crippen molar-refractivity contribution in [1.82, 2.24) is 10.9 Å². The maximum atomic E-state index is 3.26. The minimum atomic E-state index is 0.799. The summed E-state index contributed by atoms with van der Waals surface area (Å²) in [4.78, 5) is 0. The highest BCUT2D eigenvalue weighted by molar-refractivity contribution is 5.09. The van der Waals surface area contributed by atoms with E-state index in [9.17, 15) is 0 Å². The van der Waals surface area contributed by atoms with Crippen LogP contribution >= 0.6 is 0 Å². The Morgan fingerprint density at radius 2 is 2.25 bits per heavy atom. The zero-order chi connectivity index (χ0) is 11.4. The molecule has 0 aromatic carbocycles. The number of hydrogen-bond acceptors (Lipinski definition) is 2. The van der Waals surface area contributed by atoms with Crippen LogP contribution in [0.2, 0.25) is 0 Å². The lowest BCUT2D eigenvalue weighted by atomic mass is 9.77. The second-order valence-corrected chi connectivity index (χ2v) is 5.56. The van der Waals surface area contributed by atoms with E-state index in [0.29, 0.717) is 0 Å². The normalized spacial score (nSPS) is 32.8. The van der Waals surface area contributed by atoms with Gasteiger partial charge in [-0.25, -0.2) is 5.43 Å². The molecule has 2 heteroatoms. The van der Waals surface area contributed by atoms with Crippen LogP contribution in [0.4, 0.5) is 0 Å². The van der Waals surface area contributed by atoms with E-state index in [4.69, 9.17) is 0 Å². The van der Waals surface area contributed by atoms with E-state index in [1.807, 2.05) is 0 Å². The number of fused-ring (bicyclic) bond motifs is 1. The largest absolute Gasteiger partial charge is 0.329 e. The molecule has 3 unspecified atom stereocenters. The number of nitrogens with one attached hydrogen (secondary N) is 2. The van der Waals surface area contributed by atoms with Crippen molar-refractivity contribution in [2.75, 3.05) is 6.54 Å². The Balaban J connectivity index is 1.94. The molecule has 0 amide bonds. The first-order valence-corrected chi connectivity index (χ1v) is 6.98. The van der Waals surface area contributed by atoms with Crippen LogP contribution in [-0.4, -0.2) is 6.54 Å². The topological polar surface area (TPSA) is 24.1 Å². The molecule has 0 radical (unpaired) electrons. The van der Waals surface area contributed by atoms with Crippen molar-refractivity contribution in [3.05, 3.63) is 11.8 Å². The molecular weight excluding hydrogens is 196 g/mol. The Bertz CT molecular complexity index is 247. The van der Waals surface area contributed by atoms with Gasteiger partial charge >= 0.3 is 0 Å². The molecule has 1 saturated carbocycles. The molecule has 2 nitrogen and oxygen atoms in total. The molecule has 2 rings (SSSR count). The van der Waals surface area contributed by atoms with Crippen molar-refractivity contribution in [2.45, 2.75) is 52.4 Å². The molecule has 0 saturated heterocycles. The molecule has 2 aliphatic rings. The molecule has 1 fully saturated rings. The summed E-state index contributed by atoms with van der Waals surface area (Å²) in [7, 11) is 0. The van der Waals surface area contributed by atoms with Crippen molar-refractivity contribution in [1.29, 1.82) is 0 Å². The molecule has 1 aliphatic carbocycles. The van der Waals surface area contributed by atoms with E-state index in [-0.39, 0.29) is 0 Å². The van der Waals surface area contributed by atoms with E-state index < -0.39 is 0 Å². The highest BCUT2D eigenvalue weighted by Crippen LogP contribution is 2.34. The van der Waals surface area contributed by atoms with Gasteiger partial charge in [-0.15, -0.1) is 0 Å². The SMILES string of the molecule is CCC(C)C1CCCC2=CNNCC2CC1. The maximum Gasteiger partial charge on any atom is 0.0214 e. The van der Waals surface area contributed by atoms with Gasteiger partial charge in [0.05, 0.1) is 0 Å². The third-order valence-corrected chi connectivity index (χ3v) is 4.61. The van der Waals surface area contributed by atoms with E-state index in [2.05, 4.69) is 30.9 Å². The molecule has 2 N–H and O–H groups in total. The van der Waals surface area contributed by atoms with Crippen LogP contribution in [0, 0.1) is 17.8 Å². The Morgan fingerprint density at radius 3 is 3.06 bits per heavy atom. The minimum Gasteiger partial charge on any atom is -0.329 e. The summed E-state index contributed by atoms with van der Waals surface area (Å²) in [6.45, 7) is 5.89. The second-order valence-electron chi connectivity index (χ2n) is 5.56. The summed E-state index contributed by atoms with van der Waals surface area (Å²) in [6, 6.07) is 0. The molecule has 3 atom stereocenters. The predicted molar refractivity (Wildman–Crippen MR) is 68.7 cm³/mol. The molecule has 0 aromatic heterocycles. The third-order valence-electron chi connectivity index (χ3n) is 4.61. The number of hydrogen-bond donors (Lipinski definition) is 2. The average Bonchev–Trinajstić information content (AvgIpc) is 2.29. The quantitative estimate of drug-likeness (QED) is 0.749. The lowest BCUT2D eigenvalue weighted by Gasteiger charge is -2.32. The average molecular weight is 222 g/mol. The standard InChI is InChI=1S/C14H26N2/c1-3-11(2)12-5-4-6-13-9-15-16-10-14(13)8-7-12/h9,11-12,14-16H,3-8,10H2,1-2H3. The van der Waals surface area contributed by atoms with Crippen LogP contribution in [0.5, 0.6) is 0 Å². The molecular formula is C14H26N2. The predicted octanol–water partition coefficient (Wildman–Crippen LogP) is 3.22. The van der Waals surface area contributed by atoms with Crippen LogP contribution in [0.3, 0.4) is 0 Å². The summed E-state index contributed by atoms with van der Waals surface area (Å²) in [6.07, 6.45) is 10.5.